The molecule has 8 heteroatoms. The van der Waals surface area contributed by atoms with Crippen molar-refractivity contribution in [2.75, 3.05) is 56.6 Å². The van der Waals surface area contributed by atoms with E-state index in [-0.39, 0.29) is 17.0 Å². The molecule has 1 spiro atoms. The van der Waals surface area contributed by atoms with Crippen molar-refractivity contribution in [3.63, 3.8) is 0 Å². The summed E-state index contributed by atoms with van der Waals surface area (Å²) in [5.74, 6) is 1.07. The van der Waals surface area contributed by atoms with Crippen molar-refractivity contribution in [3.05, 3.63) is 53.7 Å². The second-order valence-electron chi connectivity index (χ2n) is 11.0. The van der Waals surface area contributed by atoms with Crippen LogP contribution in [-0.4, -0.2) is 84.5 Å². The van der Waals surface area contributed by atoms with E-state index in [4.69, 9.17) is 4.98 Å². The van der Waals surface area contributed by atoms with E-state index < -0.39 is 6.35 Å². The minimum Gasteiger partial charge on any atom is -0.361 e. The number of hydrogen-bond acceptors (Lipinski definition) is 7. The normalized spacial score (nSPS) is 28.8. The van der Waals surface area contributed by atoms with E-state index in [1.807, 2.05) is 11.1 Å². The maximum Gasteiger partial charge on any atom is 0.219 e. The van der Waals surface area contributed by atoms with Crippen molar-refractivity contribution in [1.82, 2.24) is 20.1 Å². The predicted molar refractivity (Wildman–Crippen MR) is 143 cm³/mol. The van der Waals surface area contributed by atoms with Crippen molar-refractivity contribution in [3.8, 4) is 0 Å². The topological polar surface area (TPSA) is 75.2 Å². The third-order valence-electron chi connectivity index (χ3n) is 8.83. The zero-order valence-electron chi connectivity index (χ0n) is 22.1. The van der Waals surface area contributed by atoms with Gasteiger partial charge < -0.3 is 19.8 Å². The fourth-order valence-corrected chi connectivity index (χ4v) is 6.47. The number of anilines is 2. The van der Waals surface area contributed by atoms with Crippen molar-refractivity contribution >= 4 is 17.4 Å². The average Bonchev–Trinajstić information content (AvgIpc) is 3.20. The first kappa shape index (κ1) is 25.0. The number of piperazine rings is 1. The van der Waals surface area contributed by atoms with Crippen LogP contribution in [0.25, 0.3) is 0 Å². The quantitative estimate of drug-likeness (QED) is 0.679. The Balaban J connectivity index is 1.28. The number of carbonyl (C=O) groups excluding carboxylic acids is 1. The molecular formula is C28H40N6O2. The molecule has 1 amide bonds. The number of nitrogens with zero attached hydrogens (tertiary/aromatic N) is 5. The number of nitrogens with one attached hydrogen (secondary N) is 1. The number of aromatic nitrogens is 1. The molecule has 8 nitrogen and oxygen atoms in total. The number of amides is 1. The summed E-state index contributed by atoms with van der Waals surface area (Å²) in [6.45, 7) is 7.53. The molecule has 1 aliphatic carbocycles. The van der Waals surface area contributed by atoms with Crippen molar-refractivity contribution in [1.29, 1.82) is 0 Å². The highest BCUT2D eigenvalue weighted by Gasteiger charge is 2.50. The zero-order chi connectivity index (χ0) is 25.5. The maximum atomic E-state index is 11.6. The second-order valence-corrected chi connectivity index (χ2v) is 11.0. The lowest BCUT2D eigenvalue weighted by atomic mass is 9.69. The Morgan fingerprint density at radius 3 is 2.33 bits per heavy atom. The van der Waals surface area contributed by atoms with Gasteiger partial charge in [-0.05, 0) is 63.9 Å². The third-order valence-corrected chi connectivity index (χ3v) is 8.83. The molecule has 3 heterocycles. The Hall–Kier alpha value is -2.68. The van der Waals surface area contributed by atoms with Gasteiger partial charge in [-0.1, -0.05) is 30.3 Å². The van der Waals surface area contributed by atoms with Crippen LogP contribution < -0.4 is 15.1 Å². The number of aryl methyl sites for hydroxylation is 1. The van der Waals surface area contributed by atoms with Crippen molar-refractivity contribution in [2.24, 2.45) is 0 Å². The van der Waals surface area contributed by atoms with E-state index >= 15 is 0 Å². The number of pyridine rings is 1. The van der Waals surface area contributed by atoms with Crippen LogP contribution in [0.15, 0.2) is 42.6 Å². The molecule has 1 unspecified atom stereocenters. The van der Waals surface area contributed by atoms with E-state index in [2.05, 4.69) is 77.4 Å². The molecule has 5 rings (SSSR count). The van der Waals surface area contributed by atoms with E-state index in [0.29, 0.717) is 0 Å². The molecule has 2 aliphatic heterocycles. The fraction of sp³-hybridized carbons (Fsp3) is 0.571. The molecule has 2 saturated heterocycles. The highest BCUT2D eigenvalue weighted by Crippen LogP contribution is 2.46. The van der Waals surface area contributed by atoms with Gasteiger partial charge in [-0.2, -0.15) is 0 Å². The van der Waals surface area contributed by atoms with Gasteiger partial charge in [0.15, 0.2) is 6.35 Å². The van der Waals surface area contributed by atoms with Crippen LogP contribution in [0, 0.1) is 6.92 Å². The fourth-order valence-electron chi connectivity index (χ4n) is 6.47. The number of hydrogen-bond donors (Lipinski definition) is 2. The van der Waals surface area contributed by atoms with Gasteiger partial charge in [0.25, 0.3) is 0 Å². The second kappa shape index (κ2) is 9.65. The Kier molecular flexibility index (Phi) is 6.70. The van der Waals surface area contributed by atoms with Crippen LogP contribution in [0.4, 0.5) is 11.5 Å². The third kappa shape index (κ3) is 4.46. The molecular weight excluding hydrogens is 452 g/mol. The largest absolute Gasteiger partial charge is 0.361 e. The lowest BCUT2D eigenvalue weighted by Crippen LogP contribution is -2.54. The van der Waals surface area contributed by atoms with E-state index in [9.17, 15) is 9.90 Å². The summed E-state index contributed by atoms with van der Waals surface area (Å²) in [5, 5.41) is 14.6. The maximum absolute atomic E-state index is 11.6. The van der Waals surface area contributed by atoms with Gasteiger partial charge in [-0.15, -0.1) is 0 Å². The number of aliphatic hydroxyl groups excluding tert-OH is 1. The molecule has 1 aromatic heterocycles. The van der Waals surface area contributed by atoms with Crippen molar-refractivity contribution < 1.29 is 9.90 Å². The average molecular weight is 493 g/mol. The summed E-state index contributed by atoms with van der Waals surface area (Å²) in [6, 6.07) is 13.0. The molecule has 0 radical (unpaired) electrons. The molecule has 36 heavy (non-hydrogen) atoms. The molecule has 1 aromatic carbocycles. The number of rotatable bonds is 4. The molecule has 3 aliphatic rings. The molecule has 2 N–H and O–H groups in total. The van der Waals surface area contributed by atoms with Gasteiger partial charge in [0.05, 0.1) is 11.9 Å². The van der Waals surface area contributed by atoms with Crippen LogP contribution in [0.1, 0.15) is 43.7 Å². The van der Waals surface area contributed by atoms with Gasteiger partial charge >= 0.3 is 0 Å². The van der Waals surface area contributed by atoms with Gasteiger partial charge in [0.1, 0.15) is 5.82 Å². The lowest BCUT2D eigenvalue weighted by molar-refractivity contribution is -0.129. The summed E-state index contributed by atoms with van der Waals surface area (Å²) in [6.07, 6.45) is 5.26. The summed E-state index contributed by atoms with van der Waals surface area (Å²) >= 11 is 0. The first-order chi connectivity index (χ1) is 17.2. The van der Waals surface area contributed by atoms with Gasteiger partial charge in [-0.25, -0.2) is 4.98 Å². The van der Waals surface area contributed by atoms with Crippen LogP contribution in [-0.2, 0) is 10.3 Å². The molecule has 1 atom stereocenters. The van der Waals surface area contributed by atoms with Crippen LogP contribution in [0.5, 0.6) is 0 Å². The van der Waals surface area contributed by atoms with Gasteiger partial charge in [-0.3, -0.25) is 15.0 Å². The molecule has 3 fully saturated rings. The van der Waals surface area contributed by atoms with Crippen molar-refractivity contribution in [2.45, 2.75) is 57.0 Å². The number of carbonyl (C=O) groups is 1. The smallest absolute Gasteiger partial charge is 0.219 e. The molecule has 2 aromatic rings. The highest BCUT2D eigenvalue weighted by molar-refractivity contribution is 5.73. The number of benzene rings is 1. The van der Waals surface area contributed by atoms with E-state index in [1.54, 1.807) is 6.92 Å². The minimum absolute atomic E-state index is 0.0259. The summed E-state index contributed by atoms with van der Waals surface area (Å²) < 4.78 is 0. The zero-order valence-corrected chi connectivity index (χ0v) is 22.1. The Bertz CT molecular complexity index is 1070. The van der Waals surface area contributed by atoms with Gasteiger partial charge in [0.2, 0.25) is 5.91 Å². The summed E-state index contributed by atoms with van der Waals surface area (Å²) in [7, 11) is 4.37. The SMILES string of the molecule is CC(=O)N1CCN(c2cc(C)c(N3C[C@]4(CC[C@](c5ccccc5)(N(C)C)CC4)NC3O)cn2)CC1. The summed E-state index contributed by atoms with van der Waals surface area (Å²) in [4.78, 5) is 25.0. The van der Waals surface area contributed by atoms with E-state index in [0.717, 1.165) is 75.5 Å². The van der Waals surface area contributed by atoms with Gasteiger partial charge in [0, 0.05) is 50.7 Å². The predicted octanol–water partition coefficient (Wildman–Crippen LogP) is 2.51. The monoisotopic (exact) mass is 492 g/mol. The lowest BCUT2D eigenvalue weighted by Gasteiger charge is -2.49. The Morgan fingerprint density at radius 1 is 1.08 bits per heavy atom. The minimum atomic E-state index is -0.723. The Morgan fingerprint density at radius 2 is 1.75 bits per heavy atom. The number of aliphatic hydroxyl groups is 1. The first-order valence-electron chi connectivity index (χ1n) is 13.2. The van der Waals surface area contributed by atoms with Crippen LogP contribution >= 0.6 is 0 Å². The molecule has 1 saturated carbocycles. The first-order valence-corrected chi connectivity index (χ1v) is 13.2. The molecule has 0 bridgehead atoms. The van der Waals surface area contributed by atoms with Crippen LogP contribution in [0.2, 0.25) is 0 Å². The van der Waals surface area contributed by atoms with Crippen LogP contribution in [0.3, 0.4) is 0 Å². The standard InChI is InChI=1S/C28H40N6O2/c1-21-18-25(33-16-14-32(15-17-33)22(2)35)29-19-24(21)34-20-27(30-26(34)36)10-12-28(13-11-27,31(3)4)23-8-6-5-7-9-23/h5-9,18-19,26,30,36H,10-17,20H2,1-4H3/t26?,27-,28+. The highest BCUT2D eigenvalue weighted by atomic mass is 16.3. The van der Waals surface area contributed by atoms with E-state index in [1.165, 1.54) is 5.56 Å². The molecule has 194 valence electrons. The summed E-state index contributed by atoms with van der Waals surface area (Å²) in [5.41, 5.74) is 3.38. The Labute approximate surface area is 214 Å².